The molecule has 0 aliphatic carbocycles. The highest BCUT2D eigenvalue weighted by Crippen LogP contribution is 2.30. The highest BCUT2D eigenvalue weighted by atomic mass is 16.5. The Bertz CT molecular complexity index is 378. The fourth-order valence-electron chi connectivity index (χ4n) is 2.33. The minimum atomic E-state index is 0.473. The lowest BCUT2D eigenvalue weighted by atomic mass is 10.0. The molecule has 2 atom stereocenters. The van der Waals surface area contributed by atoms with Crippen LogP contribution in [0.3, 0.4) is 0 Å². The largest absolute Gasteiger partial charge is 0.383 e. The molecule has 80 valence electrons. The number of fused-ring (bicyclic) bond motifs is 2. The first-order valence-electron chi connectivity index (χ1n) is 5.52. The lowest BCUT2D eigenvalue weighted by Gasteiger charge is -2.15. The van der Waals surface area contributed by atoms with E-state index in [4.69, 9.17) is 4.74 Å². The first-order valence-corrected chi connectivity index (χ1v) is 5.52. The average Bonchev–Trinajstić information content (AvgIpc) is 2.58. The van der Waals surface area contributed by atoms with Crippen molar-refractivity contribution in [1.82, 2.24) is 0 Å². The Hall–Kier alpha value is -1.22. The summed E-state index contributed by atoms with van der Waals surface area (Å²) >= 11 is 0. The van der Waals surface area contributed by atoms with Gasteiger partial charge in [0.2, 0.25) is 0 Å². The Kier molecular flexibility index (Phi) is 2.06. The molecule has 0 saturated carbocycles. The number of hydrogen-bond donors (Lipinski definition) is 2. The number of aryl methyl sites for hydroxylation is 1. The van der Waals surface area contributed by atoms with E-state index >= 15 is 0 Å². The third kappa shape index (κ3) is 1.57. The van der Waals surface area contributed by atoms with E-state index in [-0.39, 0.29) is 0 Å². The molecule has 1 fully saturated rings. The molecular weight excluding hydrogens is 188 g/mol. The van der Waals surface area contributed by atoms with Gasteiger partial charge in [-0.1, -0.05) is 6.07 Å². The van der Waals surface area contributed by atoms with Gasteiger partial charge in [0.25, 0.3) is 0 Å². The third-order valence-electron chi connectivity index (χ3n) is 3.27. The molecule has 2 heterocycles. The van der Waals surface area contributed by atoms with Crippen LogP contribution >= 0.6 is 0 Å². The maximum absolute atomic E-state index is 5.49. The molecule has 2 aliphatic heterocycles. The van der Waals surface area contributed by atoms with Crippen molar-refractivity contribution in [3.63, 3.8) is 0 Å². The van der Waals surface area contributed by atoms with E-state index in [0.29, 0.717) is 12.0 Å². The molecule has 0 bridgehead atoms. The standard InChI is InChI=1S/C12H16N2O/c1-8-2-3-10-11(4-8)14-12-7-15-6-9(12)5-13-10/h2-4,9,12-14H,5-7H2,1H3. The van der Waals surface area contributed by atoms with Gasteiger partial charge in [-0.25, -0.2) is 0 Å². The van der Waals surface area contributed by atoms with E-state index in [0.717, 1.165) is 19.8 Å². The SMILES string of the molecule is Cc1ccc2c(c1)NC1COCC1CN2. The van der Waals surface area contributed by atoms with Crippen molar-refractivity contribution >= 4 is 11.4 Å². The van der Waals surface area contributed by atoms with Gasteiger partial charge in [0.1, 0.15) is 0 Å². The van der Waals surface area contributed by atoms with Gasteiger partial charge in [0, 0.05) is 12.5 Å². The number of rotatable bonds is 0. The van der Waals surface area contributed by atoms with Gasteiger partial charge in [0.15, 0.2) is 0 Å². The minimum Gasteiger partial charge on any atom is -0.383 e. The molecular formula is C12H16N2O. The summed E-state index contributed by atoms with van der Waals surface area (Å²) in [5.74, 6) is 0.595. The number of benzene rings is 1. The molecule has 2 N–H and O–H groups in total. The summed E-state index contributed by atoms with van der Waals surface area (Å²) in [4.78, 5) is 0. The summed E-state index contributed by atoms with van der Waals surface area (Å²) in [6, 6.07) is 6.97. The van der Waals surface area contributed by atoms with Crippen LogP contribution in [0.1, 0.15) is 5.56 Å². The van der Waals surface area contributed by atoms with E-state index in [9.17, 15) is 0 Å². The van der Waals surface area contributed by atoms with Gasteiger partial charge in [-0.15, -0.1) is 0 Å². The molecule has 3 rings (SSSR count). The molecule has 15 heavy (non-hydrogen) atoms. The maximum Gasteiger partial charge on any atom is 0.0672 e. The van der Waals surface area contributed by atoms with E-state index < -0.39 is 0 Å². The van der Waals surface area contributed by atoms with Crippen LogP contribution in [0.2, 0.25) is 0 Å². The van der Waals surface area contributed by atoms with Crippen LogP contribution in [0.25, 0.3) is 0 Å². The van der Waals surface area contributed by atoms with Crippen molar-refractivity contribution in [2.45, 2.75) is 13.0 Å². The van der Waals surface area contributed by atoms with Gasteiger partial charge in [0.05, 0.1) is 30.6 Å². The maximum atomic E-state index is 5.49. The number of nitrogens with one attached hydrogen (secondary N) is 2. The Morgan fingerprint density at radius 3 is 3.13 bits per heavy atom. The van der Waals surface area contributed by atoms with Crippen LogP contribution in [0.15, 0.2) is 18.2 Å². The summed E-state index contributed by atoms with van der Waals surface area (Å²) in [7, 11) is 0. The summed E-state index contributed by atoms with van der Waals surface area (Å²) in [5, 5.41) is 7.06. The summed E-state index contributed by atoms with van der Waals surface area (Å²) < 4.78 is 5.49. The molecule has 2 unspecified atom stereocenters. The number of hydrogen-bond acceptors (Lipinski definition) is 3. The molecule has 1 aromatic carbocycles. The van der Waals surface area contributed by atoms with Crippen LogP contribution in [0.4, 0.5) is 11.4 Å². The molecule has 1 aromatic rings. The monoisotopic (exact) mass is 204 g/mol. The van der Waals surface area contributed by atoms with E-state index in [1.807, 2.05) is 0 Å². The van der Waals surface area contributed by atoms with Crippen molar-refractivity contribution in [2.24, 2.45) is 5.92 Å². The zero-order valence-corrected chi connectivity index (χ0v) is 8.92. The molecule has 1 saturated heterocycles. The average molecular weight is 204 g/mol. The fourth-order valence-corrected chi connectivity index (χ4v) is 2.33. The summed E-state index contributed by atoms with van der Waals surface area (Å²) in [6.07, 6.45) is 0. The van der Waals surface area contributed by atoms with Crippen LogP contribution in [-0.4, -0.2) is 25.8 Å². The zero-order chi connectivity index (χ0) is 10.3. The third-order valence-corrected chi connectivity index (χ3v) is 3.27. The van der Waals surface area contributed by atoms with Gasteiger partial charge in [-0.3, -0.25) is 0 Å². The second-order valence-electron chi connectivity index (χ2n) is 4.48. The van der Waals surface area contributed by atoms with Crippen LogP contribution in [0.5, 0.6) is 0 Å². The molecule has 3 heteroatoms. The van der Waals surface area contributed by atoms with Crippen molar-refractivity contribution in [3.05, 3.63) is 23.8 Å². The van der Waals surface area contributed by atoms with Crippen molar-refractivity contribution in [1.29, 1.82) is 0 Å². The predicted molar refractivity (Wildman–Crippen MR) is 61.4 cm³/mol. The topological polar surface area (TPSA) is 33.3 Å². The van der Waals surface area contributed by atoms with Gasteiger partial charge in [-0.2, -0.15) is 0 Å². The van der Waals surface area contributed by atoms with Gasteiger partial charge in [-0.05, 0) is 24.6 Å². The first-order chi connectivity index (χ1) is 7.33. The molecule has 3 nitrogen and oxygen atoms in total. The zero-order valence-electron chi connectivity index (χ0n) is 8.92. The Balaban J connectivity index is 1.94. The molecule has 0 aromatic heterocycles. The van der Waals surface area contributed by atoms with E-state index in [1.165, 1.54) is 16.9 Å². The lowest BCUT2D eigenvalue weighted by molar-refractivity contribution is 0.186. The van der Waals surface area contributed by atoms with Crippen LogP contribution in [-0.2, 0) is 4.74 Å². The number of anilines is 2. The smallest absolute Gasteiger partial charge is 0.0672 e. The lowest BCUT2D eigenvalue weighted by Crippen LogP contribution is -2.29. The van der Waals surface area contributed by atoms with Crippen LogP contribution in [0, 0.1) is 12.8 Å². The van der Waals surface area contributed by atoms with Crippen molar-refractivity contribution < 1.29 is 4.74 Å². The highest BCUT2D eigenvalue weighted by molar-refractivity contribution is 5.71. The minimum absolute atomic E-state index is 0.473. The molecule has 0 amide bonds. The fraction of sp³-hybridized carbons (Fsp3) is 0.500. The second-order valence-corrected chi connectivity index (χ2v) is 4.48. The molecule has 2 aliphatic rings. The quantitative estimate of drug-likeness (QED) is 0.676. The molecule has 0 spiro atoms. The Morgan fingerprint density at radius 1 is 1.27 bits per heavy atom. The summed E-state index contributed by atoms with van der Waals surface area (Å²) in [6.45, 7) is 4.83. The first kappa shape index (κ1) is 9.04. The van der Waals surface area contributed by atoms with E-state index in [2.05, 4.69) is 35.8 Å². The van der Waals surface area contributed by atoms with E-state index in [1.54, 1.807) is 0 Å². The summed E-state index contributed by atoms with van der Waals surface area (Å²) in [5.41, 5.74) is 3.73. The van der Waals surface area contributed by atoms with Crippen molar-refractivity contribution in [2.75, 3.05) is 30.4 Å². The highest BCUT2D eigenvalue weighted by Gasteiger charge is 2.30. The second kappa shape index (κ2) is 3.42. The Labute approximate surface area is 89.8 Å². The van der Waals surface area contributed by atoms with Gasteiger partial charge >= 0.3 is 0 Å². The predicted octanol–water partition coefficient (Wildman–Crippen LogP) is 1.85. The Morgan fingerprint density at radius 2 is 2.20 bits per heavy atom. The van der Waals surface area contributed by atoms with Crippen molar-refractivity contribution in [3.8, 4) is 0 Å². The van der Waals surface area contributed by atoms with Gasteiger partial charge < -0.3 is 15.4 Å². The number of ether oxygens (including phenoxy) is 1. The van der Waals surface area contributed by atoms with Crippen LogP contribution < -0.4 is 10.6 Å². The molecule has 0 radical (unpaired) electrons. The normalized spacial score (nSPS) is 28.3.